The maximum absolute atomic E-state index is 12.7. The molecule has 2 aliphatic heterocycles. The molecule has 1 aromatic heterocycles. The van der Waals surface area contributed by atoms with Crippen LogP contribution in [-0.2, 0) is 6.42 Å². The second-order valence-corrected chi connectivity index (χ2v) is 6.29. The summed E-state index contributed by atoms with van der Waals surface area (Å²) < 4.78 is 1.12. The van der Waals surface area contributed by atoms with Crippen LogP contribution in [0.5, 0.6) is 0 Å². The van der Waals surface area contributed by atoms with Crippen LogP contribution in [0, 0.1) is 11.1 Å². The lowest BCUT2D eigenvalue weighted by atomic mass is 9.98. The van der Waals surface area contributed by atoms with Crippen molar-refractivity contribution >= 4 is 34.5 Å². The largest absolute Gasteiger partial charge is 0.618 e. The molecule has 2 aromatic rings. The van der Waals surface area contributed by atoms with Gasteiger partial charge >= 0.3 is 0 Å². The molecule has 4 heteroatoms. The molecule has 1 aromatic carbocycles. The van der Waals surface area contributed by atoms with Crippen LogP contribution >= 0.6 is 11.3 Å². The molecule has 0 N–H and O–H groups in total. The monoisotopic (exact) mass is 294 g/mol. The lowest BCUT2D eigenvalue weighted by Crippen LogP contribution is -2.20. The maximum atomic E-state index is 12.7. The van der Waals surface area contributed by atoms with Gasteiger partial charge in [0.15, 0.2) is 0 Å². The number of benzene rings is 1. The van der Waals surface area contributed by atoms with E-state index in [-0.39, 0.29) is 5.92 Å². The number of hydrogen-bond donors (Lipinski definition) is 0. The number of nitrogens with zero attached hydrogens (tertiary/aromatic N) is 2. The first-order chi connectivity index (χ1) is 10.3. The molecular weight excluding hydrogens is 280 g/mol. The smallest absolute Gasteiger partial charge is 0.239 e. The molecule has 3 nitrogen and oxygen atoms in total. The Balaban J connectivity index is 1.80. The van der Waals surface area contributed by atoms with Gasteiger partial charge in [0.05, 0.1) is 11.5 Å². The SMILES string of the molecule is CC1C=NC=C2C1=[N+]([O-])c1c(Cc3ccccc3)csc12. The van der Waals surface area contributed by atoms with Crippen LogP contribution < -0.4 is 0 Å². The third kappa shape index (κ3) is 1.87. The summed E-state index contributed by atoms with van der Waals surface area (Å²) in [6, 6.07) is 10.3. The predicted octanol–water partition coefficient (Wildman–Crippen LogP) is 4.00. The summed E-state index contributed by atoms with van der Waals surface area (Å²) in [6.45, 7) is 2.02. The Kier molecular flexibility index (Phi) is 2.79. The maximum Gasteiger partial charge on any atom is 0.239 e. The minimum absolute atomic E-state index is 0.0756. The van der Waals surface area contributed by atoms with E-state index in [1.807, 2.05) is 37.5 Å². The van der Waals surface area contributed by atoms with E-state index in [0.29, 0.717) is 0 Å². The molecule has 0 spiro atoms. The van der Waals surface area contributed by atoms with Crippen molar-refractivity contribution in [2.45, 2.75) is 13.3 Å². The van der Waals surface area contributed by atoms with E-state index < -0.39 is 0 Å². The van der Waals surface area contributed by atoms with Gasteiger partial charge in [-0.3, -0.25) is 4.99 Å². The molecule has 3 heterocycles. The van der Waals surface area contributed by atoms with E-state index in [9.17, 15) is 5.21 Å². The van der Waals surface area contributed by atoms with Crippen molar-refractivity contribution in [3.63, 3.8) is 0 Å². The molecule has 0 saturated heterocycles. The van der Waals surface area contributed by atoms with Gasteiger partial charge in [-0.25, -0.2) is 0 Å². The fourth-order valence-corrected chi connectivity index (χ4v) is 4.03. The van der Waals surface area contributed by atoms with Crippen LogP contribution in [-0.4, -0.2) is 16.7 Å². The molecule has 0 amide bonds. The van der Waals surface area contributed by atoms with Crippen molar-refractivity contribution in [1.29, 1.82) is 0 Å². The Morgan fingerprint density at radius 2 is 2.10 bits per heavy atom. The number of aliphatic imine (C=N–C) groups is 1. The van der Waals surface area contributed by atoms with Crippen molar-refractivity contribution in [3.8, 4) is 0 Å². The first kappa shape index (κ1) is 12.5. The van der Waals surface area contributed by atoms with Crippen molar-refractivity contribution in [2.24, 2.45) is 10.9 Å². The third-order valence-electron chi connectivity index (χ3n) is 3.96. The summed E-state index contributed by atoms with van der Waals surface area (Å²) >= 11 is 1.64. The first-order valence-corrected chi connectivity index (χ1v) is 7.86. The minimum atomic E-state index is 0.0756. The Bertz CT molecular complexity index is 799. The first-order valence-electron chi connectivity index (χ1n) is 6.98. The van der Waals surface area contributed by atoms with Gasteiger partial charge in [-0.2, -0.15) is 4.74 Å². The quantitative estimate of drug-likeness (QED) is 0.609. The van der Waals surface area contributed by atoms with Crippen molar-refractivity contribution in [3.05, 3.63) is 63.1 Å². The van der Waals surface area contributed by atoms with Crippen molar-refractivity contribution < 1.29 is 4.74 Å². The summed E-state index contributed by atoms with van der Waals surface area (Å²) in [5, 5.41) is 14.8. The van der Waals surface area contributed by atoms with Gasteiger partial charge in [0.25, 0.3) is 0 Å². The Morgan fingerprint density at radius 3 is 2.90 bits per heavy atom. The highest BCUT2D eigenvalue weighted by Crippen LogP contribution is 2.44. The Morgan fingerprint density at radius 1 is 1.29 bits per heavy atom. The average molecular weight is 294 g/mol. The zero-order chi connectivity index (χ0) is 14.4. The topological polar surface area (TPSA) is 38.4 Å². The summed E-state index contributed by atoms with van der Waals surface area (Å²) in [6.07, 6.45) is 4.44. The number of allylic oxidation sites excluding steroid dienone is 1. The zero-order valence-electron chi connectivity index (χ0n) is 11.6. The number of hydrogen-bond acceptors (Lipinski definition) is 3. The molecule has 0 radical (unpaired) electrons. The molecular formula is C17H14N2OS. The van der Waals surface area contributed by atoms with Crippen LogP contribution in [0.25, 0.3) is 5.57 Å². The molecule has 1 atom stereocenters. The van der Waals surface area contributed by atoms with Crippen LogP contribution in [0.2, 0.25) is 0 Å². The standard InChI is InChI=1S/C17H14N2OS/c1-11-8-18-9-14-15(11)19(20)16-13(10-21-17(14)16)7-12-5-3-2-4-6-12/h2-6,8-11H,7H2,1H3. The second-order valence-electron chi connectivity index (χ2n) is 5.41. The number of fused-ring (bicyclic) bond motifs is 3. The third-order valence-corrected chi connectivity index (χ3v) is 5.01. The molecule has 0 bridgehead atoms. The second kappa shape index (κ2) is 4.67. The highest BCUT2D eigenvalue weighted by Gasteiger charge is 2.39. The number of rotatable bonds is 2. The van der Waals surface area contributed by atoms with Crippen LogP contribution in [0.4, 0.5) is 5.69 Å². The molecule has 4 rings (SSSR count). The highest BCUT2D eigenvalue weighted by molar-refractivity contribution is 7.12. The van der Waals surface area contributed by atoms with E-state index in [0.717, 1.165) is 38.6 Å². The summed E-state index contributed by atoms with van der Waals surface area (Å²) in [5.41, 5.74) is 4.98. The molecule has 104 valence electrons. The van der Waals surface area contributed by atoms with E-state index >= 15 is 0 Å². The lowest BCUT2D eigenvalue weighted by Gasteiger charge is -2.10. The summed E-state index contributed by atoms with van der Waals surface area (Å²) in [5.74, 6) is 0.0756. The van der Waals surface area contributed by atoms with Crippen LogP contribution in [0.3, 0.4) is 0 Å². The van der Waals surface area contributed by atoms with E-state index in [2.05, 4.69) is 22.5 Å². The van der Waals surface area contributed by atoms with Gasteiger partial charge in [-0.1, -0.05) is 30.3 Å². The van der Waals surface area contributed by atoms with E-state index in [4.69, 9.17) is 0 Å². The highest BCUT2D eigenvalue weighted by atomic mass is 32.1. The molecule has 0 aliphatic carbocycles. The van der Waals surface area contributed by atoms with Crippen LogP contribution in [0.1, 0.15) is 22.9 Å². The van der Waals surface area contributed by atoms with Gasteiger partial charge < -0.3 is 5.21 Å². The Hall–Kier alpha value is -2.20. The molecule has 0 saturated carbocycles. The van der Waals surface area contributed by atoms with E-state index in [1.54, 1.807) is 11.3 Å². The van der Waals surface area contributed by atoms with E-state index in [1.165, 1.54) is 5.56 Å². The normalized spacial score (nSPS) is 19.5. The van der Waals surface area contributed by atoms with Crippen LogP contribution in [0.15, 0.2) is 46.9 Å². The fraction of sp³-hybridized carbons (Fsp3) is 0.176. The zero-order valence-corrected chi connectivity index (χ0v) is 12.4. The molecule has 2 aliphatic rings. The molecule has 21 heavy (non-hydrogen) atoms. The van der Waals surface area contributed by atoms with Gasteiger partial charge in [0, 0.05) is 29.8 Å². The molecule has 0 fully saturated rings. The predicted molar refractivity (Wildman–Crippen MR) is 87.5 cm³/mol. The summed E-state index contributed by atoms with van der Waals surface area (Å²) in [4.78, 5) is 5.33. The Labute approximate surface area is 127 Å². The lowest BCUT2D eigenvalue weighted by molar-refractivity contribution is -0.358. The van der Waals surface area contributed by atoms with Gasteiger partial charge in [0.2, 0.25) is 11.4 Å². The van der Waals surface area contributed by atoms with Gasteiger partial charge in [-0.05, 0) is 12.5 Å². The fourth-order valence-electron chi connectivity index (χ4n) is 2.96. The summed E-state index contributed by atoms with van der Waals surface area (Å²) in [7, 11) is 0. The van der Waals surface area contributed by atoms with Gasteiger partial charge in [0.1, 0.15) is 4.88 Å². The average Bonchev–Trinajstić information content (AvgIpc) is 3.02. The van der Waals surface area contributed by atoms with Crippen molar-refractivity contribution in [1.82, 2.24) is 0 Å². The minimum Gasteiger partial charge on any atom is -0.618 e. The van der Waals surface area contributed by atoms with Crippen molar-refractivity contribution in [2.75, 3.05) is 0 Å². The molecule has 1 unspecified atom stereocenters. The number of thiophene rings is 1. The van der Waals surface area contributed by atoms with Gasteiger partial charge in [-0.15, -0.1) is 11.3 Å².